The molecule has 0 spiro atoms. The van der Waals surface area contributed by atoms with Crippen molar-refractivity contribution in [2.75, 3.05) is 57.4 Å². The van der Waals surface area contributed by atoms with Crippen molar-refractivity contribution < 1.29 is 17.9 Å². The minimum absolute atomic E-state index is 0.0385. The first-order valence-corrected chi connectivity index (χ1v) is 12.0. The molecule has 1 aromatic carbocycles. The standard InChI is InChI=1S/C21H33N3O4S/c1-4-28-19-7-5-18(6-8-19)24-15-17-13-21(2,3)20(24)16-23(14-17)29(25,26)22-9-11-27-12-10-22/h5-8,17,20H,4,9-16H2,1-3H3/t17-,20-/m1/s1. The number of morpholine rings is 1. The molecule has 0 amide bonds. The van der Waals surface area contributed by atoms with E-state index >= 15 is 0 Å². The van der Waals surface area contributed by atoms with Crippen LogP contribution < -0.4 is 9.64 Å². The number of benzene rings is 1. The quantitative estimate of drug-likeness (QED) is 0.727. The zero-order valence-corrected chi connectivity index (χ0v) is 18.5. The van der Waals surface area contributed by atoms with E-state index in [9.17, 15) is 8.42 Å². The van der Waals surface area contributed by atoms with E-state index in [0.717, 1.165) is 24.4 Å². The molecule has 1 aromatic rings. The molecule has 2 atom stereocenters. The summed E-state index contributed by atoms with van der Waals surface area (Å²) in [5.41, 5.74) is 1.18. The molecule has 4 fully saturated rings. The molecule has 4 saturated heterocycles. The van der Waals surface area contributed by atoms with E-state index in [-0.39, 0.29) is 11.5 Å². The Bertz CT molecular complexity index is 806. The van der Waals surface area contributed by atoms with E-state index in [1.807, 2.05) is 19.1 Å². The first-order chi connectivity index (χ1) is 13.8. The fourth-order valence-electron chi connectivity index (χ4n) is 5.11. The van der Waals surface area contributed by atoms with Gasteiger partial charge in [-0.25, -0.2) is 0 Å². The third-order valence-corrected chi connectivity index (χ3v) is 8.46. The van der Waals surface area contributed by atoms with Crippen LogP contribution in [0.15, 0.2) is 24.3 Å². The van der Waals surface area contributed by atoms with Gasteiger partial charge in [0.15, 0.2) is 0 Å². The highest BCUT2D eigenvalue weighted by molar-refractivity contribution is 7.86. The number of piperidine rings is 1. The van der Waals surface area contributed by atoms with Crippen LogP contribution in [-0.4, -0.2) is 75.6 Å². The van der Waals surface area contributed by atoms with Crippen molar-refractivity contribution in [1.82, 2.24) is 8.61 Å². The summed E-state index contributed by atoms with van der Waals surface area (Å²) in [7, 11) is -3.46. The minimum Gasteiger partial charge on any atom is -0.494 e. The van der Waals surface area contributed by atoms with Gasteiger partial charge in [-0.15, -0.1) is 0 Å². The number of anilines is 1. The number of fused-ring (bicyclic) bond motifs is 4. The number of nitrogens with zero attached hydrogens (tertiary/aromatic N) is 3. The monoisotopic (exact) mass is 423 g/mol. The average molecular weight is 424 g/mol. The molecular weight excluding hydrogens is 390 g/mol. The minimum atomic E-state index is -3.46. The number of ether oxygens (including phenoxy) is 2. The van der Waals surface area contributed by atoms with Crippen molar-refractivity contribution >= 4 is 15.9 Å². The van der Waals surface area contributed by atoms with Crippen LogP contribution in [0.5, 0.6) is 5.75 Å². The van der Waals surface area contributed by atoms with E-state index < -0.39 is 10.2 Å². The average Bonchev–Trinajstić information content (AvgIpc) is 2.97. The van der Waals surface area contributed by atoms with Crippen LogP contribution in [0.1, 0.15) is 27.2 Å². The van der Waals surface area contributed by atoms with Crippen LogP contribution >= 0.6 is 0 Å². The van der Waals surface area contributed by atoms with Gasteiger partial charge < -0.3 is 14.4 Å². The van der Waals surface area contributed by atoms with E-state index in [0.29, 0.717) is 51.9 Å². The van der Waals surface area contributed by atoms with Gasteiger partial charge >= 0.3 is 0 Å². The summed E-state index contributed by atoms with van der Waals surface area (Å²) in [5, 5.41) is 0. The predicted molar refractivity (Wildman–Crippen MR) is 114 cm³/mol. The van der Waals surface area contributed by atoms with Crippen molar-refractivity contribution in [2.24, 2.45) is 11.3 Å². The second kappa shape index (κ2) is 8.06. The highest BCUT2D eigenvalue weighted by Crippen LogP contribution is 2.44. The lowest BCUT2D eigenvalue weighted by Gasteiger charge is -2.48. The van der Waals surface area contributed by atoms with E-state index in [1.54, 1.807) is 8.61 Å². The Hall–Kier alpha value is -1.35. The molecule has 29 heavy (non-hydrogen) atoms. The Balaban J connectivity index is 1.60. The molecule has 4 aliphatic rings. The summed E-state index contributed by atoms with van der Waals surface area (Å²) < 4.78 is 41.0. The Morgan fingerprint density at radius 3 is 2.41 bits per heavy atom. The van der Waals surface area contributed by atoms with Crippen LogP contribution in [0, 0.1) is 11.3 Å². The molecule has 7 nitrogen and oxygen atoms in total. The van der Waals surface area contributed by atoms with Gasteiger partial charge in [-0.3, -0.25) is 0 Å². The molecule has 0 radical (unpaired) electrons. The Labute approximate surface area is 174 Å². The van der Waals surface area contributed by atoms with E-state index in [2.05, 4.69) is 30.9 Å². The molecule has 8 heteroatoms. The molecular formula is C21H33N3O4S. The fraction of sp³-hybridized carbons (Fsp3) is 0.714. The molecule has 2 bridgehead atoms. The molecule has 0 aliphatic carbocycles. The molecule has 0 aromatic heterocycles. The maximum Gasteiger partial charge on any atom is 0.282 e. The van der Waals surface area contributed by atoms with Gasteiger partial charge in [-0.1, -0.05) is 13.8 Å². The number of rotatable bonds is 5. The third kappa shape index (κ3) is 4.13. The smallest absolute Gasteiger partial charge is 0.282 e. The predicted octanol–water partition coefficient (Wildman–Crippen LogP) is 2.20. The summed E-state index contributed by atoms with van der Waals surface area (Å²) in [6, 6.07) is 8.35. The largest absolute Gasteiger partial charge is 0.494 e. The third-order valence-electron chi connectivity index (χ3n) is 6.49. The lowest BCUT2D eigenvalue weighted by molar-refractivity contribution is 0.0700. The van der Waals surface area contributed by atoms with Crippen molar-refractivity contribution in [3.05, 3.63) is 24.3 Å². The molecule has 4 heterocycles. The normalized spacial score (nSPS) is 28.3. The first kappa shape index (κ1) is 20.9. The van der Waals surface area contributed by atoms with Gasteiger partial charge in [0.2, 0.25) is 0 Å². The first-order valence-electron chi connectivity index (χ1n) is 10.6. The highest BCUT2D eigenvalue weighted by Gasteiger charge is 2.49. The molecule has 5 rings (SSSR count). The maximum atomic E-state index is 13.3. The highest BCUT2D eigenvalue weighted by atomic mass is 32.2. The fourth-order valence-corrected chi connectivity index (χ4v) is 6.78. The van der Waals surface area contributed by atoms with E-state index in [4.69, 9.17) is 9.47 Å². The van der Waals surface area contributed by atoms with Gasteiger partial charge in [0.05, 0.1) is 19.8 Å². The van der Waals surface area contributed by atoms with Crippen molar-refractivity contribution in [1.29, 1.82) is 0 Å². The summed E-state index contributed by atoms with van der Waals surface area (Å²) >= 11 is 0. The zero-order valence-electron chi connectivity index (χ0n) is 17.7. The van der Waals surface area contributed by atoms with Crippen LogP contribution in [0.25, 0.3) is 0 Å². The lowest BCUT2D eigenvalue weighted by atomic mass is 9.73. The van der Waals surface area contributed by atoms with Crippen molar-refractivity contribution in [3.63, 3.8) is 0 Å². The Kier molecular flexibility index (Phi) is 5.81. The second-order valence-electron chi connectivity index (χ2n) is 8.99. The Morgan fingerprint density at radius 1 is 1.07 bits per heavy atom. The Morgan fingerprint density at radius 2 is 1.76 bits per heavy atom. The summed E-state index contributed by atoms with van der Waals surface area (Å²) in [6.07, 6.45) is 1.04. The van der Waals surface area contributed by atoms with Gasteiger partial charge in [0.25, 0.3) is 10.2 Å². The SMILES string of the molecule is CCOc1ccc(N2C[C@H]3CN(S(=O)(=O)N4CCOCC4)C[C@@H]2C(C)(C)C3)cc1. The summed E-state index contributed by atoms with van der Waals surface area (Å²) in [6.45, 7) is 11.0. The van der Waals surface area contributed by atoms with Gasteiger partial charge in [0, 0.05) is 44.5 Å². The van der Waals surface area contributed by atoms with Gasteiger partial charge in [0.1, 0.15) is 5.75 Å². The molecule has 4 aliphatic heterocycles. The van der Waals surface area contributed by atoms with Crippen LogP contribution in [0.4, 0.5) is 5.69 Å². The van der Waals surface area contributed by atoms with Crippen molar-refractivity contribution in [2.45, 2.75) is 33.2 Å². The van der Waals surface area contributed by atoms with Crippen LogP contribution in [-0.2, 0) is 14.9 Å². The van der Waals surface area contributed by atoms with Crippen LogP contribution in [0.2, 0.25) is 0 Å². The zero-order chi connectivity index (χ0) is 20.6. The molecule has 162 valence electrons. The summed E-state index contributed by atoms with van der Waals surface area (Å²) in [4.78, 5) is 2.42. The molecule has 0 unspecified atom stereocenters. The van der Waals surface area contributed by atoms with Crippen LogP contribution in [0.3, 0.4) is 0 Å². The van der Waals surface area contributed by atoms with Gasteiger partial charge in [-0.05, 0) is 48.9 Å². The number of hydrogen-bond acceptors (Lipinski definition) is 5. The second-order valence-corrected chi connectivity index (χ2v) is 10.9. The molecule has 0 saturated carbocycles. The van der Waals surface area contributed by atoms with E-state index in [1.165, 1.54) is 0 Å². The maximum absolute atomic E-state index is 13.3. The topological polar surface area (TPSA) is 62.3 Å². The van der Waals surface area contributed by atoms with Gasteiger partial charge in [-0.2, -0.15) is 17.0 Å². The molecule has 0 N–H and O–H groups in total. The number of hydrogen-bond donors (Lipinski definition) is 0. The van der Waals surface area contributed by atoms with Crippen molar-refractivity contribution in [3.8, 4) is 5.75 Å². The summed E-state index contributed by atoms with van der Waals surface area (Å²) in [5.74, 6) is 1.18. The lowest BCUT2D eigenvalue weighted by Crippen LogP contribution is -2.55.